The third kappa shape index (κ3) is 4.51. The Morgan fingerprint density at radius 3 is 2.62 bits per heavy atom. The molecule has 1 atom stereocenters. The monoisotopic (exact) mass is 296 g/mol. The van der Waals surface area contributed by atoms with Crippen LogP contribution in [0.1, 0.15) is 57.8 Å². The van der Waals surface area contributed by atoms with Gasteiger partial charge in [0.15, 0.2) is 0 Å². The summed E-state index contributed by atoms with van der Waals surface area (Å²) >= 11 is 0. The van der Waals surface area contributed by atoms with Gasteiger partial charge in [-0.2, -0.15) is 0 Å². The van der Waals surface area contributed by atoms with Crippen molar-refractivity contribution < 1.29 is 14.3 Å². The lowest BCUT2D eigenvalue weighted by molar-refractivity contribution is -0.142. The highest BCUT2D eigenvalue weighted by Gasteiger charge is 2.41. The topological polar surface area (TPSA) is 58.6 Å². The van der Waals surface area contributed by atoms with Crippen molar-refractivity contribution >= 4 is 11.8 Å². The second kappa shape index (κ2) is 8.49. The van der Waals surface area contributed by atoms with Crippen molar-refractivity contribution in [3.05, 3.63) is 0 Å². The summed E-state index contributed by atoms with van der Waals surface area (Å²) in [6.45, 7) is 1.59. The van der Waals surface area contributed by atoms with Gasteiger partial charge in [-0.1, -0.05) is 19.3 Å². The maximum absolute atomic E-state index is 12.4. The number of rotatable bonds is 8. The van der Waals surface area contributed by atoms with Crippen molar-refractivity contribution in [3.8, 4) is 0 Å². The average Bonchev–Trinajstić information content (AvgIpc) is 2.78. The predicted molar refractivity (Wildman–Crippen MR) is 80.9 cm³/mol. The molecule has 2 aliphatic rings. The van der Waals surface area contributed by atoms with Gasteiger partial charge in [0, 0.05) is 19.8 Å². The van der Waals surface area contributed by atoms with Crippen LogP contribution in [0, 0.1) is 0 Å². The Bertz CT molecular complexity index is 353. The summed E-state index contributed by atoms with van der Waals surface area (Å²) in [6.07, 6.45) is 8.97. The number of unbranched alkanes of at least 4 members (excludes halogenated alkanes) is 2. The van der Waals surface area contributed by atoms with Crippen LogP contribution >= 0.6 is 0 Å². The van der Waals surface area contributed by atoms with E-state index in [2.05, 4.69) is 5.32 Å². The van der Waals surface area contributed by atoms with E-state index >= 15 is 0 Å². The summed E-state index contributed by atoms with van der Waals surface area (Å²) in [5.41, 5.74) is 0. The van der Waals surface area contributed by atoms with Gasteiger partial charge in [0.1, 0.15) is 0 Å². The van der Waals surface area contributed by atoms with Gasteiger partial charge in [-0.25, -0.2) is 0 Å². The van der Waals surface area contributed by atoms with Gasteiger partial charge < -0.3 is 10.1 Å². The second-order valence-corrected chi connectivity index (χ2v) is 6.16. The van der Waals surface area contributed by atoms with Crippen LogP contribution in [0.4, 0.5) is 0 Å². The van der Waals surface area contributed by atoms with Crippen LogP contribution in [-0.4, -0.2) is 49.1 Å². The maximum atomic E-state index is 12.4. The SMILES string of the molecule is COCCCCCNC1CC(=O)N(C2CCCCC2)C1=O. The number of nitrogens with zero attached hydrogens (tertiary/aromatic N) is 1. The molecule has 2 amide bonds. The fourth-order valence-corrected chi connectivity index (χ4v) is 3.36. The molecule has 120 valence electrons. The molecule has 0 aromatic rings. The first kappa shape index (κ1) is 16.4. The van der Waals surface area contributed by atoms with Gasteiger partial charge in [0.05, 0.1) is 12.5 Å². The van der Waals surface area contributed by atoms with Gasteiger partial charge >= 0.3 is 0 Å². The minimum atomic E-state index is -0.290. The minimum Gasteiger partial charge on any atom is -0.385 e. The summed E-state index contributed by atoms with van der Waals surface area (Å²) in [5.74, 6) is 0.0209. The first-order chi connectivity index (χ1) is 10.2. The molecule has 0 aromatic heterocycles. The molecule has 0 aromatic carbocycles. The Kier molecular flexibility index (Phi) is 6.64. The van der Waals surface area contributed by atoms with Crippen LogP contribution in [0.2, 0.25) is 0 Å². The van der Waals surface area contributed by atoms with Crippen LogP contribution in [-0.2, 0) is 14.3 Å². The zero-order valence-electron chi connectivity index (χ0n) is 13.1. The lowest BCUT2D eigenvalue weighted by atomic mass is 9.94. The van der Waals surface area contributed by atoms with E-state index in [4.69, 9.17) is 4.74 Å². The summed E-state index contributed by atoms with van der Waals surface area (Å²) in [4.78, 5) is 26.1. The van der Waals surface area contributed by atoms with Gasteiger partial charge in [-0.3, -0.25) is 14.5 Å². The van der Waals surface area contributed by atoms with Crippen molar-refractivity contribution in [2.45, 2.75) is 69.9 Å². The highest BCUT2D eigenvalue weighted by Crippen LogP contribution is 2.27. The highest BCUT2D eigenvalue weighted by molar-refractivity contribution is 6.05. The molecule has 1 saturated carbocycles. The lowest BCUT2D eigenvalue weighted by Gasteiger charge is -2.29. The van der Waals surface area contributed by atoms with Crippen LogP contribution < -0.4 is 5.32 Å². The molecule has 0 radical (unpaired) electrons. The number of hydrogen-bond acceptors (Lipinski definition) is 4. The van der Waals surface area contributed by atoms with Gasteiger partial charge in [0.25, 0.3) is 0 Å². The Morgan fingerprint density at radius 1 is 1.14 bits per heavy atom. The van der Waals surface area contributed by atoms with Gasteiger partial charge in [-0.05, 0) is 38.6 Å². The Hall–Kier alpha value is -0.940. The number of carbonyl (C=O) groups is 2. The second-order valence-electron chi connectivity index (χ2n) is 6.16. The largest absolute Gasteiger partial charge is 0.385 e. The molecule has 2 fully saturated rings. The molecule has 5 nitrogen and oxygen atoms in total. The molecule has 1 saturated heterocycles. The van der Waals surface area contributed by atoms with E-state index in [9.17, 15) is 9.59 Å². The number of carbonyl (C=O) groups excluding carboxylic acids is 2. The number of imide groups is 1. The molecule has 1 aliphatic carbocycles. The number of nitrogens with one attached hydrogen (secondary N) is 1. The molecular formula is C16H28N2O3. The maximum Gasteiger partial charge on any atom is 0.247 e. The van der Waals surface area contributed by atoms with Crippen molar-refractivity contribution in [1.82, 2.24) is 10.2 Å². The molecule has 5 heteroatoms. The van der Waals surface area contributed by atoms with Gasteiger partial charge in [0.2, 0.25) is 11.8 Å². The highest BCUT2D eigenvalue weighted by atomic mass is 16.5. The van der Waals surface area contributed by atoms with Crippen LogP contribution in [0.5, 0.6) is 0 Å². The predicted octanol–water partition coefficient (Wildman–Crippen LogP) is 1.85. The van der Waals surface area contributed by atoms with E-state index in [1.165, 1.54) is 6.42 Å². The van der Waals surface area contributed by atoms with E-state index < -0.39 is 0 Å². The molecule has 1 aliphatic heterocycles. The molecule has 1 unspecified atom stereocenters. The van der Waals surface area contributed by atoms with E-state index in [1.807, 2.05) is 0 Å². The third-order valence-corrected chi connectivity index (χ3v) is 4.54. The van der Waals surface area contributed by atoms with Crippen molar-refractivity contribution in [1.29, 1.82) is 0 Å². The Morgan fingerprint density at radius 2 is 1.90 bits per heavy atom. The zero-order chi connectivity index (χ0) is 15.1. The number of hydrogen-bond donors (Lipinski definition) is 1. The Labute approximate surface area is 127 Å². The first-order valence-corrected chi connectivity index (χ1v) is 8.32. The van der Waals surface area contributed by atoms with E-state index in [-0.39, 0.29) is 23.9 Å². The molecule has 0 bridgehead atoms. The molecule has 1 heterocycles. The van der Waals surface area contributed by atoms with Crippen LogP contribution in [0.25, 0.3) is 0 Å². The number of likely N-dealkylation sites (tertiary alicyclic amines) is 1. The number of ether oxygens (including phenoxy) is 1. The first-order valence-electron chi connectivity index (χ1n) is 8.32. The van der Waals surface area contributed by atoms with E-state index in [0.29, 0.717) is 6.42 Å². The molecule has 2 rings (SSSR count). The summed E-state index contributed by atoms with van der Waals surface area (Å²) in [7, 11) is 1.71. The summed E-state index contributed by atoms with van der Waals surface area (Å²) < 4.78 is 5.01. The fourth-order valence-electron chi connectivity index (χ4n) is 3.36. The van der Waals surface area contributed by atoms with Crippen molar-refractivity contribution in [3.63, 3.8) is 0 Å². The summed E-state index contributed by atoms with van der Waals surface area (Å²) in [6, 6.07) is -0.130. The smallest absolute Gasteiger partial charge is 0.247 e. The van der Waals surface area contributed by atoms with Crippen LogP contribution in [0.15, 0.2) is 0 Å². The van der Waals surface area contributed by atoms with Crippen LogP contribution in [0.3, 0.4) is 0 Å². The number of amides is 2. The normalized spacial score (nSPS) is 24.0. The summed E-state index contributed by atoms with van der Waals surface area (Å²) in [5, 5.41) is 3.25. The van der Waals surface area contributed by atoms with Crippen molar-refractivity contribution in [2.24, 2.45) is 0 Å². The van der Waals surface area contributed by atoms with E-state index in [1.54, 1.807) is 12.0 Å². The van der Waals surface area contributed by atoms with Gasteiger partial charge in [-0.15, -0.1) is 0 Å². The molecule has 0 spiro atoms. The minimum absolute atomic E-state index is 0.00351. The lowest BCUT2D eigenvalue weighted by Crippen LogP contribution is -2.44. The molecule has 21 heavy (non-hydrogen) atoms. The molecular weight excluding hydrogens is 268 g/mol. The van der Waals surface area contributed by atoms with E-state index in [0.717, 1.165) is 58.1 Å². The quantitative estimate of drug-likeness (QED) is 0.548. The fraction of sp³-hybridized carbons (Fsp3) is 0.875. The Balaban J connectivity index is 1.73. The average molecular weight is 296 g/mol. The molecule has 1 N–H and O–H groups in total. The third-order valence-electron chi connectivity index (χ3n) is 4.54. The standard InChI is InChI=1S/C16H28N2O3/c1-21-11-7-3-6-10-17-14-12-15(19)18(16(14)20)13-8-4-2-5-9-13/h13-14,17H,2-12H2,1H3. The number of methoxy groups -OCH3 is 1. The zero-order valence-corrected chi connectivity index (χ0v) is 13.1. The van der Waals surface area contributed by atoms with Crippen molar-refractivity contribution in [2.75, 3.05) is 20.3 Å².